The van der Waals surface area contributed by atoms with Gasteiger partial charge in [-0.3, -0.25) is 0 Å². The largest absolute Gasteiger partial charge is 0.416 e. The van der Waals surface area contributed by atoms with Gasteiger partial charge in [-0.05, 0) is 24.1 Å². The maximum atomic E-state index is 12.5. The van der Waals surface area contributed by atoms with Crippen LogP contribution in [0, 0.1) is 0 Å². The number of hydrogen-bond acceptors (Lipinski definition) is 5. The number of nitrogens with zero attached hydrogens (tertiary/aromatic N) is 2. The van der Waals surface area contributed by atoms with E-state index in [1.165, 1.54) is 23.9 Å². The number of aromatic nitrogens is 2. The molecule has 2 aromatic rings. The van der Waals surface area contributed by atoms with E-state index in [9.17, 15) is 13.2 Å². The molecule has 0 saturated heterocycles. The normalized spacial score (nSPS) is 11.5. The van der Waals surface area contributed by atoms with Crippen LogP contribution in [0.15, 0.2) is 29.4 Å². The van der Waals surface area contributed by atoms with Gasteiger partial charge >= 0.3 is 6.18 Å². The molecule has 24 heavy (non-hydrogen) atoms. The highest BCUT2D eigenvalue weighted by Crippen LogP contribution is 2.30. The number of benzene rings is 1. The van der Waals surface area contributed by atoms with Crippen LogP contribution < -0.4 is 11.1 Å². The molecular weight excluding hydrogens is 361 g/mol. The Kier molecular flexibility index (Phi) is 6.17. The van der Waals surface area contributed by atoms with E-state index in [2.05, 4.69) is 15.3 Å². The molecule has 4 nitrogen and oxygen atoms in total. The van der Waals surface area contributed by atoms with Gasteiger partial charge in [-0.25, -0.2) is 9.97 Å². The molecule has 0 aliphatic carbocycles. The van der Waals surface area contributed by atoms with Gasteiger partial charge in [-0.1, -0.05) is 42.4 Å². The highest BCUT2D eigenvalue weighted by atomic mass is 35.5. The van der Waals surface area contributed by atoms with Crippen molar-refractivity contribution in [1.82, 2.24) is 9.97 Å². The van der Waals surface area contributed by atoms with Crippen LogP contribution in [-0.2, 0) is 12.7 Å². The van der Waals surface area contributed by atoms with E-state index in [0.29, 0.717) is 16.5 Å². The molecular formula is C15H16ClF3N4S. The van der Waals surface area contributed by atoms with Gasteiger partial charge in [0.2, 0.25) is 0 Å². The molecule has 0 bridgehead atoms. The van der Waals surface area contributed by atoms with Crippen molar-refractivity contribution in [3.8, 4) is 0 Å². The van der Waals surface area contributed by atoms with Crippen LogP contribution in [0.2, 0.25) is 5.15 Å². The molecule has 0 spiro atoms. The molecule has 0 aliphatic heterocycles. The molecule has 0 radical (unpaired) electrons. The topological polar surface area (TPSA) is 63.8 Å². The van der Waals surface area contributed by atoms with E-state index < -0.39 is 11.7 Å². The van der Waals surface area contributed by atoms with Crippen molar-refractivity contribution < 1.29 is 13.2 Å². The molecule has 1 aromatic heterocycles. The van der Waals surface area contributed by atoms with Gasteiger partial charge in [-0.15, -0.1) is 0 Å². The SMILES string of the molecule is CCCSc1nc(Cl)c(N)c(NCc2ccc(C(F)(F)F)cc2)n1. The predicted octanol–water partition coefficient (Wildman–Crippen LogP) is 4.85. The van der Waals surface area contributed by atoms with Gasteiger partial charge in [0.25, 0.3) is 0 Å². The number of nitrogen functional groups attached to an aromatic ring is 1. The van der Waals surface area contributed by atoms with Crippen molar-refractivity contribution in [2.24, 2.45) is 0 Å². The first kappa shape index (κ1) is 18.7. The second-order valence-electron chi connectivity index (χ2n) is 4.96. The van der Waals surface area contributed by atoms with Crippen LogP contribution in [0.1, 0.15) is 24.5 Å². The lowest BCUT2D eigenvalue weighted by atomic mass is 10.1. The number of alkyl halides is 3. The Morgan fingerprint density at radius 1 is 1.21 bits per heavy atom. The zero-order chi connectivity index (χ0) is 17.7. The average Bonchev–Trinajstić information content (AvgIpc) is 2.54. The smallest absolute Gasteiger partial charge is 0.393 e. The number of rotatable bonds is 6. The molecule has 0 fully saturated rings. The summed E-state index contributed by atoms with van der Waals surface area (Å²) in [5, 5.41) is 3.65. The van der Waals surface area contributed by atoms with Crippen molar-refractivity contribution in [1.29, 1.82) is 0 Å². The zero-order valence-electron chi connectivity index (χ0n) is 12.8. The molecule has 130 valence electrons. The first-order valence-corrected chi connectivity index (χ1v) is 8.53. The van der Waals surface area contributed by atoms with Crippen LogP contribution in [0.4, 0.5) is 24.7 Å². The second kappa shape index (κ2) is 7.94. The Balaban J connectivity index is 2.09. The molecule has 1 heterocycles. The number of anilines is 2. The molecule has 2 rings (SSSR count). The summed E-state index contributed by atoms with van der Waals surface area (Å²) in [5.41, 5.74) is 6.04. The van der Waals surface area contributed by atoms with Gasteiger partial charge in [0.05, 0.1) is 5.56 Å². The van der Waals surface area contributed by atoms with E-state index >= 15 is 0 Å². The highest BCUT2D eigenvalue weighted by Gasteiger charge is 2.29. The van der Waals surface area contributed by atoms with Crippen molar-refractivity contribution in [3.05, 3.63) is 40.5 Å². The molecule has 0 aliphatic rings. The summed E-state index contributed by atoms with van der Waals surface area (Å²) in [6.07, 6.45) is -3.38. The summed E-state index contributed by atoms with van der Waals surface area (Å²) >= 11 is 7.45. The Hall–Kier alpha value is -1.67. The fourth-order valence-electron chi connectivity index (χ4n) is 1.81. The Morgan fingerprint density at radius 3 is 2.46 bits per heavy atom. The molecule has 0 atom stereocenters. The van der Waals surface area contributed by atoms with E-state index in [1.807, 2.05) is 6.92 Å². The van der Waals surface area contributed by atoms with Crippen LogP contribution in [0.5, 0.6) is 0 Å². The van der Waals surface area contributed by atoms with Crippen molar-refractivity contribution in [2.45, 2.75) is 31.2 Å². The van der Waals surface area contributed by atoms with Crippen LogP contribution in [0.25, 0.3) is 0 Å². The van der Waals surface area contributed by atoms with Gasteiger partial charge in [0.15, 0.2) is 16.1 Å². The van der Waals surface area contributed by atoms with Gasteiger partial charge in [0.1, 0.15) is 5.69 Å². The summed E-state index contributed by atoms with van der Waals surface area (Å²) in [6, 6.07) is 4.88. The molecule has 0 amide bonds. The zero-order valence-corrected chi connectivity index (χ0v) is 14.4. The van der Waals surface area contributed by atoms with E-state index in [0.717, 1.165) is 24.3 Å². The van der Waals surface area contributed by atoms with Crippen LogP contribution in [0.3, 0.4) is 0 Å². The predicted molar refractivity (Wildman–Crippen MR) is 91.2 cm³/mol. The quantitative estimate of drug-likeness (QED) is 0.429. The summed E-state index contributed by atoms with van der Waals surface area (Å²) in [6.45, 7) is 2.31. The first-order valence-electron chi connectivity index (χ1n) is 7.17. The monoisotopic (exact) mass is 376 g/mol. The van der Waals surface area contributed by atoms with Gasteiger partial charge in [-0.2, -0.15) is 13.2 Å². The third-order valence-electron chi connectivity index (χ3n) is 3.06. The van der Waals surface area contributed by atoms with Crippen LogP contribution >= 0.6 is 23.4 Å². The molecule has 0 unspecified atom stereocenters. The number of thioether (sulfide) groups is 1. The fraction of sp³-hybridized carbons (Fsp3) is 0.333. The maximum absolute atomic E-state index is 12.5. The minimum Gasteiger partial charge on any atom is -0.393 e. The standard InChI is InChI=1S/C15H16ClF3N4S/c1-2-7-24-14-22-12(16)11(20)13(23-14)21-8-9-3-5-10(6-4-9)15(17,18)19/h3-6H,2,7-8,20H2,1H3,(H,21,22,23). The average molecular weight is 377 g/mol. The fourth-order valence-corrected chi connectivity index (χ4v) is 2.73. The third-order valence-corrected chi connectivity index (χ3v) is 4.40. The van der Waals surface area contributed by atoms with Crippen molar-refractivity contribution >= 4 is 34.9 Å². The van der Waals surface area contributed by atoms with Crippen LogP contribution in [-0.4, -0.2) is 15.7 Å². The Labute approximate surface area is 147 Å². The lowest BCUT2D eigenvalue weighted by molar-refractivity contribution is -0.137. The lowest BCUT2D eigenvalue weighted by Crippen LogP contribution is -2.08. The maximum Gasteiger partial charge on any atom is 0.416 e. The Bertz CT molecular complexity index is 692. The summed E-state index contributed by atoms with van der Waals surface area (Å²) in [5.74, 6) is 1.21. The molecule has 3 N–H and O–H groups in total. The van der Waals surface area contributed by atoms with Gasteiger partial charge < -0.3 is 11.1 Å². The minimum absolute atomic E-state index is 0.151. The van der Waals surface area contributed by atoms with E-state index in [-0.39, 0.29) is 17.4 Å². The second-order valence-corrected chi connectivity index (χ2v) is 6.38. The molecule has 9 heteroatoms. The summed E-state index contributed by atoms with van der Waals surface area (Å²) in [7, 11) is 0. The molecule has 0 saturated carbocycles. The molecule has 1 aromatic carbocycles. The van der Waals surface area contributed by atoms with Crippen molar-refractivity contribution in [3.63, 3.8) is 0 Å². The number of nitrogens with two attached hydrogens (primary N) is 1. The summed E-state index contributed by atoms with van der Waals surface area (Å²) < 4.78 is 37.6. The first-order chi connectivity index (χ1) is 11.3. The number of halogens is 4. The number of hydrogen-bond donors (Lipinski definition) is 2. The number of nitrogens with one attached hydrogen (secondary N) is 1. The highest BCUT2D eigenvalue weighted by molar-refractivity contribution is 7.99. The van der Waals surface area contributed by atoms with E-state index in [4.69, 9.17) is 17.3 Å². The summed E-state index contributed by atoms with van der Waals surface area (Å²) in [4.78, 5) is 8.39. The minimum atomic E-state index is -4.35. The van der Waals surface area contributed by atoms with E-state index in [1.54, 1.807) is 0 Å². The van der Waals surface area contributed by atoms with Gasteiger partial charge in [0, 0.05) is 12.3 Å². The third kappa shape index (κ3) is 4.91. The Morgan fingerprint density at radius 2 is 1.88 bits per heavy atom. The van der Waals surface area contributed by atoms with Crippen molar-refractivity contribution in [2.75, 3.05) is 16.8 Å². The lowest BCUT2D eigenvalue weighted by Gasteiger charge is -2.12.